The Bertz CT molecular complexity index is 474. The zero-order valence-corrected chi connectivity index (χ0v) is 10.1. The van der Waals surface area contributed by atoms with Crippen LogP contribution in [0.5, 0.6) is 5.75 Å². The average Bonchev–Trinajstić information content (AvgIpc) is 2.38. The highest BCUT2D eigenvalue weighted by atomic mass is 16.5. The van der Waals surface area contributed by atoms with Crippen molar-refractivity contribution in [3.8, 4) is 5.75 Å². The fraction of sp³-hybridized carbons (Fsp3) is 0.267. The third-order valence-electron chi connectivity index (χ3n) is 2.77. The second kappa shape index (κ2) is 6.05. The van der Waals surface area contributed by atoms with Crippen molar-refractivity contribution in [1.29, 1.82) is 0 Å². The highest BCUT2D eigenvalue weighted by Gasteiger charge is 2.09. The molecule has 1 unspecified atom stereocenters. The van der Waals surface area contributed by atoms with E-state index in [1.54, 1.807) is 6.08 Å². The molecule has 2 rings (SSSR count). The van der Waals surface area contributed by atoms with Gasteiger partial charge in [-0.1, -0.05) is 18.2 Å². The number of carboxylic acid groups (broad SMARTS) is 1. The van der Waals surface area contributed by atoms with Crippen LogP contribution in [0, 0.1) is 0 Å². The van der Waals surface area contributed by atoms with Crippen LogP contribution in [-0.2, 0) is 4.79 Å². The van der Waals surface area contributed by atoms with Crippen molar-refractivity contribution in [2.45, 2.75) is 25.4 Å². The number of benzene rings is 1. The zero-order chi connectivity index (χ0) is 12.8. The Hall–Kier alpha value is -2.03. The monoisotopic (exact) mass is 244 g/mol. The van der Waals surface area contributed by atoms with E-state index in [4.69, 9.17) is 9.84 Å². The van der Waals surface area contributed by atoms with Crippen molar-refractivity contribution in [2.75, 3.05) is 0 Å². The van der Waals surface area contributed by atoms with Gasteiger partial charge >= 0.3 is 5.97 Å². The van der Waals surface area contributed by atoms with Crippen LogP contribution in [0.25, 0.3) is 6.08 Å². The van der Waals surface area contributed by atoms with Gasteiger partial charge in [0, 0.05) is 6.08 Å². The lowest BCUT2D eigenvalue weighted by Crippen LogP contribution is -2.15. The number of ether oxygens (including phenoxy) is 1. The maximum atomic E-state index is 10.4. The molecule has 3 heteroatoms. The van der Waals surface area contributed by atoms with Crippen LogP contribution in [0.15, 0.2) is 42.5 Å². The normalized spacial score (nSPS) is 19.0. The number of rotatable bonds is 4. The van der Waals surface area contributed by atoms with Crippen molar-refractivity contribution in [1.82, 2.24) is 0 Å². The Morgan fingerprint density at radius 2 is 2.33 bits per heavy atom. The van der Waals surface area contributed by atoms with Crippen LogP contribution in [0.1, 0.15) is 24.8 Å². The van der Waals surface area contributed by atoms with E-state index in [1.807, 2.05) is 24.3 Å². The predicted molar refractivity (Wildman–Crippen MR) is 70.5 cm³/mol. The Balaban J connectivity index is 2.04. The van der Waals surface area contributed by atoms with Crippen molar-refractivity contribution < 1.29 is 14.6 Å². The molecule has 0 bridgehead atoms. The molecule has 0 heterocycles. The standard InChI is InChI=1S/C15H16O3/c16-15(17)10-9-12-5-4-8-14(11-12)18-13-6-2-1-3-7-13/h2,4-6,8-11,13H,1,3,7H2,(H,16,17)/b10-9+. The SMILES string of the molecule is O=C(O)/C=C/c1cccc(OC2C=CCCC2)c1. The third-order valence-corrected chi connectivity index (χ3v) is 2.77. The maximum Gasteiger partial charge on any atom is 0.328 e. The van der Waals surface area contributed by atoms with Gasteiger partial charge in [0.25, 0.3) is 0 Å². The molecular weight excluding hydrogens is 228 g/mol. The molecule has 94 valence electrons. The lowest BCUT2D eigenvalue weighted by molar-refractivity contribution is -0.131. The summed E-state index contributed by atoms with van der Waals surface area (Å²) >= 11 is 0. The number of aliphatic carboxylic acids is 1. The number of allylic oxidation sites excluding steroid dienone is 1. The van der Waals surface area contributed by atoms with Gasteiger partial charge in [-0.05, 0) is 49.1 Å². The Labute approximate surface area is 106 Å². The van der Waals surface area contributed by atoms with Crippen LogP contribution in [-0.4, -0.2) is 17.2 Å². The van der Waals surface area contributed by atoms with E-state index in [-0.39, 0.29) is 6.10 Å². The fourth-order valence-electron chi connectivity index (χ4n) is 1.91. The van der Waals surface area contributed by atoms with Crippen molar-refractivity contribution in [2.24, 2.45) is 0 Å². The maximum absolute atomic E-state index is 10.4. The minimum absolute atomic E-state index is 0.137. The number of carbonyl (C=O) groups is 1. The van der Waals surface area contributed by atoms with Crippen LogP contribution in [0.2, 0.25) is 0 Å². The molecule has 1 aromatic carbocycles. The topological polar surface area (TPSA) is 46.5 Å². The molecule has 1 aromatic rings. The molecule has 1 atom stereocenters. The number of hydrogen-bond donors (Lipinski definition) is 1. The van der Waals surface area contributed by atoms with Crippen LogP contribution in [0.4, 0.5) is 0 Å². The third kappa shape index (κ3) is 3.77. The Kier molecular flexibility index (Phi) is 4.18. The Morgan fingerprint density at radius 3 is 3.06 bits per heavy atom. The largest absolute Gasteiger partial charge is 0.486 e. The summed E-state index contributed by atoms with van der Waals surface area (Å²) in [5.41, 5.74) is 0.828. The first-order valence-corrected chi connectivity index (χ1v) is 6.08. The summed E-state index contributed by atoms with van der Waals surface area (Å²) in [4.78, 5) is 10.4. The summed E-state index contributed by atoms with van der Waals surface area (Å²) in [5.74, 6) is -0.171. The van der Waals surface area contributed by atoms with E-state index < -0.39 is 5.97 Å². The molecule has 0 aliphatic heterocycles. The molecule has 3 nitrogen and oxygen atoms in total. The molecule has 1 aliphatic rings. The van der Waals surface area contributed by atoms with E-state index in [9.17, 15) is 4.79 Å². The van der Waals surface area contributed by atoms with Gasteiger partial charge in [-0.15, -0.1) is 0 Å². The fourth-order valence-corrected chi connectivity index (χ4v) is 1.91. The Morgan fingerprint density at radius 1 is 1.44 bits per heavy atom. The predicted octanol–water partition coefficient (Wildman–Crippen LogP) is 3.27. The quantitative estimate of drug-likeness (QED) is 0.653. The van der Waals surface area contributed by atoms with Crippen molar-refractivity contribution >= 4 is 12.0 Å². The van der Waals surface area contributed by atoms with Gasteiger partial charge < -0.3 is 9.84 Å². The summed E-state index contributed by atoms with van der Waals surface area (Å²) in [6, 6.07) is 7.45. The van der Waals surface area contributed by atoms with E-state index in [1.165, 1.54) is 0 Å². The molecule has 0 saturated heterocycles. The van der Waals surface area contributed by atoms with Gasteiger partial charge in [0.2, 0.25) is 0 Å². The molecule has 0 radical (unpaired) electrons. The lowest BCUT2D eigenvalue weighted by Gasteiger charge is -2.18. The van der Waals surface area contributed by atoms with Gasteiger partial charge in [-0.3, -0.25) is 0 Å². The average molecular weight is 244 g/mol. The number of hydrogen-bond acceptors (Lipinski definition) is 2. The van der Waals surface area contributed by atoms with Gasteiger partial charge in [0.15, 0.2) is 0 Å². The summed E-state index contributed by atoms with van der Waals surface area (Å²) in [6.45, 7) is 0. The van der Waals surface area contributed by atoms with Crippen LogP contribution in [0.3, 0.4) is 0 Å². The summed E-state index contributed by atoms with van der Waals surface area (Å²) < 4.78 is 5.83. The van der Waals surface area contributed by atoms with Crippen LogP contribution < -0.4 is 4.74 Å². The van der Waals surface area contributed by atoms with Gasteiger partial charge in [0.05, 0.1) is 0 Å². The minimum Gasteiger partial charge on any atom is -0.486 e. The molecule has 0 fully saturated rings. The van der Waals surface area contributed by atoms with Gasteiger partial charge in [-0.2, -0.15) is 0 Å². The lowest BCUT2D eigenvalue weighted by atomic mass is 10.1. The second-order valence-electron chi connectivity index (χ2n) is 4.26. The molecule has 18 heavy (non-hydrogen) atoms. The van der Waals surface area contributed by atoms with Gasteiger partial charge in [0.1, 0.15) is 11.9 Å². The summed E-state index contributed by atoms with van der Waals surface area (Å²) in [7, 11) is 0. The first-order valence-electron chi connectivity index (χ1n) is 6.08. The molecular formula is C15H16O3. The smallest absolute Gasteiger partial charge is 0.328 e. The highest BCUT2D eigenvalue weighted by molar-refractivity contribution is 5.85. The van der Waals surface area contributed by atoms with Crippen LogP contribution >= 0.6 is 0 Å². The molecule has 1 aliphatic carbocycles. The van der Waals surface area contributed by atoms with E-state index in [0.29, 0.717) is 0 Å². The van der Waals surface area contributed by atoms with E-state index in [0.717, 1.165) is 36.7 Å². The molecule has 0 saturated carbocycles. The summed E-state index contributed by atoms with van der Waals surface area (Å²) in [6.07, 6.45) is 10.4. The molecule has 0 amide bonds. The zero-order valence-electron chi connectivity index (χ0n) is 10.1. The van der Waals surface area contributed by atoms with E-state index >= 15 is 0 Å². The first kappa shape index (κ1) is 12.4. The molecule has 0 spiro atoms. The second-order valence-corrected chi connectivity index (χ2v) is 4.26. The number of carboxylic acids is 1. The summed E-state index contributed by atoms with van der Waals surface area (Å²) in [5, 5.41) is 8.58. The first-order chi connectivity index (χ1) is 8.74. The van der Waals surface area contributed by atoms with Gasteiger partial charge in [-0.25, -0.2) is 4.79 Å². The van der Waals surface area contributed by atoms with Crippen molar-refractivity contribution in [3.63, 3.8) is 0 Å². The molecule has 1 N–H and O–H groups in total. The molecule has 0 aromatic heterocycles. The van der Waals surface area contributed by atoms with E-state index in [2.05, 4.69) is 12.2 Å². The highest BCUT2D eigenvalue weighted by Crippen LogP contribution is 2.20. The van der Waals surface area contributed by atoms with Crippen molar-refractivity contribution in [3.05, 3.63) is 48.1 Å². The minimum atomic E-state index is -0.948.